The van der Waals surface area contributed by atoms with Gasteiger partial charge in [0.2, 0.25) is 5.91 Å². The van der Waals surface area contributed by atoms with Crippen molar-refractivity contribution in [2.45, 2.75) is 19.8 Å². The highest BCUT2D eigenvalue weighted by Crippen LogP contribution is 2.29. The zero-order valence-electron chi connectivity index (χ0n) is 12.8. The number of carbonyl (C=O) groups is 2. The number of rotatable bonds is 2. The number of phenolic OH excluding ortho intramolecular Hbond substituents is 1. The molecule has 0 spiro atoms. The SMILES string of the molecule is CC(=O)Nc1ccc(C=C2CCc3cc(O)ccc3C2=O)cc1. The predicted molar refractivity (Wildman–Crippen MR) is 89.5 cm³/mol. The predicted octanol–water partition coefficient (Wildman–Crippen LogP) is 3.56. The van der Waals surface area contributed by atoms with Crippen LogP contribution in [0.2, 0.25) is 0 Å². The van der Waals surface area contributed by atoms with E-state index >= 15 is 0 Å². The Balaban J connectivity index is 1.84. The third-order valence-corrected chi connectivity index (χ3v) is 3.86. The number of benzene rings is 2. The van der Waals surface area contributed by atoms with Crippen molar-refractivity contribution in [1.29, 1.82) is 0 Å². The van der Waals surface area contributed by atoms with Crippen molar-refractivity contribution in [2.75, 3.05) is 5.32 Å². The first-order chi connectivity index (χ1) is 11.0. The Morgan fingerprint density at radius 3 is 2.57 bits per heavy atom. The average molecular weight is 307 g/mol. The summed E-state index contributed by atoms with van der Waals surface area (Å²) in [4.78, 5) is 23.6. The first-order valence-corrected chi connectivity index (χ1v) is 7.48. The largest absolute Gasteiger partial charge is 0.508 e. The number of ketones is 1. The summed E-state index contributed by atoms with van der Waals surface area (Å²) in [6.07, 6.45) is 3.28. The van der Waals surface area contributed by atoms with E-state index in [-0.39, 0.29) is 17.4 Å². The van der Waals surface area contributed by atoms with Crippen LogP contribution in [0.1, 0.15) is 34.8 Å². The number of hydrogen-bond donors (Lipinski definition) is 2. The lowest BCUT2D eigenvalue weighted by atomic mass is 9.86. The van der Waals surface area contributed by atoms with E-state index in [1.165, 1.54) is 6.92 Å². The van der Waals surface area contributed by atoms with Gasteiger partial charge in [0.25, 0.3) is 0 Å². The molecule has 0 bridgehead atoms. The molecule has 1 amide bonds. The minimum atomic E-state index is -0.113. The van der Waals surface area contributed by atoms with E-state index in [9.17, 15) is 14.7 Å². The van der Waals surface area contributed by atoms with Crippen LogP contribution in [0.15, 0.2) is 48.0 Å². The van der Waals surface area contributed by atoms with Gasteiger partial charge < -0.3 is 10.4 Å². The Labute approximate surface area is 134 Å². The Hall–Kier alpha value is -2.88. The number of nitrogens with one attached hydrogen (secondary N) is 1. The van der Waals surface area contributed by atoms with Gasteiger partial charge in [0, 0.05) is 23.7 Å². The van der Waals surface area contributed by atoms with Crippen LogP contribution >= 0.6 is 0 Å². The minimum Gasteiger partial charge on any atom is -0.508 e. The summed E-state index contributed by atoms with van der Waals surface area (Å²) in [5, 5.41) is 12.2. The number of aryl methyl sites for hydroxylation is 1. The molecule has 1 aliphatic rings. The van der Waals surface area contributed by atoms with Crippen LogP contribution < -0.4 is 5.32 Å². The molecule has 0 fully saturated rings. The van der Waals surface area contributed by atoms with E-state index in [2.05, 4.69) is 5.32 Å². The van der Waals surface area contributed by atoms with Crippen LogP contribution in [0.4, 0.5) is 5.69 Å². The standard InChI is InChI=1S/C19H17NO3/c1-12(21)20-16-6-2-13(3-7-16)10-15-5-4-14-11-17(22)8-9-18(14)19(15)23/h2-3,6-11,22H,4-5H2,1H3,(H,20,21). The van der Waals surface area contributed by atoms with Gasteiger partial charge in [0.15, 0.2) is 5.78 Å². The van der Waals surface area contributed by atoms with Crippen LogP contribution in [0.25, 0.3) is 6.08 Å². The highest BCUT2D eigenvalue weighted by molar-refractivity contribution is 6.13. The van der Waals surface area contributed by atoms with E-state index in [0.29, 0.717) is 12.0 Å². The van der Waals surface area contributed by atoms with Crippen LogP contribution in [-0.4, -0.2) is 16.8 Å². The van der Waals surface area contributed by atoms with Crippen LogP contribution in [0, 0.1) is 0 Å². The van der Waals surface area contributed by atoms with E-state index < -0.39 is 0 Å². The van der Waals surface area contributed by atoms with Gasteiger partial charge >= 0.3 is 0 Å². The van der Waals surface area contributed by atoms with E-state index in [4.69, 9.17) is 0 Å². The number of aromatic hydroxyl groups is 1. The van der Waals surface area contributed by atoms with Crippen LogP contribution in [-0.2, 0) is 11.2 Å². The van der Waals surface area contributed by atoms with Gasteiger partial charge in [-0.2, -0.15) is 0 Å². The second kappa shape index (κ2) is 6.08. The summed E-state index contributed by atoms with van der Waals surface area (Å²) in [5.41, 5.74) is 3.97. The average Bonchev–Trinajstić information content (AvgIpc) is 2.51. The molecule has 4 heteroatoms. The monoisotopic (exact) mass is 307 g/mol. The molecule has 2 aromatic carbocycles. The van der Waals surface area contributed by atoms with E-state index in [1.54, 1.807) is 18.2 Å². The van der Waals surface area contributed by atoms with Gasteiger partial charge in [-0.25, -0.2) is 0 Å². The quantitative estimate of drug-likeness (QED) is 0.834. The number of hydrogen-bond acceptors (Lipinski definition) is 3. The number of fused-ring (bicyclic) bond motifs is 1. The fourth-order valence-corrected chi connectivity index (χ4v) is 2.77. The molecule has 0 saturated heterocycles. The second-order valence-electron chi connectivity index (χ2n) is 5.64. The highest BCUT2D eigenvalue weighted by atomic mass is 16.3. The molecule has 0 atom stereocenters. The molecule has 23 heavy (non-hydrogen) atoms. The van der Waals surface area contributed by atoms with Gasteiger partial charge in [-0.15, -0.1) is 0 Å². The van der Waals surface area contributed by atoms with Crippen LogP contribution in [0.3, 0.4) is 0 Å². The normalized spacial score (nSPS) is 15.3. The van der Waals surface area contributed by atoms with Crippen molar-refractivity contribution in [1.82, 2.24) is 0 Å². The molecule has 0 aliphatic heterocycles. The Bertz CT molecular complexity index is 804. The molecule has 0 heterocycles. The molecule has 0 radical (unpaired) electrons. The number of phenols is 1. The number of anilines is 1. The number of amides is 1. The first-order valence-electron chi connectivity index (χ1n) is 7.48. The molecular formula is C19H17NO3. The second-order valence-corrected chi connectivity index (χ2v) is 5.64. The van der Waals surface area contributed by atoms with Gasteiger partial charge in [0.05, 0.1) is 0 Å². The summed E-state index contributed by atoms with van der Waals surface area (Å²) in [6, 6.07) is 12.3. The van der Waals surface area contributed by atoms with Crippen molar-refractivity contribution in [3.63, 3.8) is 0 Å². The Kier molecular flexibility index (Phi) is 3.98. The third kappa shape index (κ3) is 3.31. The fourth-order valence-electron chi connectivity index (χ4n) is 2.77. The minimum absolute atomic E-state index is 0.0113. The smallest absolute Gasteiger partial charge is 0.221 e. The van der Waals surface area contributed by atoms with Crippen molar-refractivity contribution < 1.29 is 14.7 Å². The maximum absolute atomic E-state index is 12.5. The summed E-state index contributed by atoms with van der Waals surface area (Å²) < 4.78 is 0. The molecule has 0 saturated carbocycles. The molecular weight excluding hydrogens is 290 g/mol. The summed E-state index contributed by atoms with van der Waals surface area (Å²) in [7, 11) is 0. The van der Waals surface area contributed by atoms with Gasteiger partial charge in [-0.3, -0.25) is 9.59 Å². The first kappa shape index (κ1) is 15.0. The summed E-state index contributed by atoms with van der Waals surface area (Å²) in [5.74, 6) is 0.0909. The molecule has 4 nitrogen and oxygen atoms in total. The zero-order valence-corrected chi connectivity index (χ0v) is 12.8. The number of Topliss-reactive ketones (excluding diaryl/α,β-unsaturated/α-hetero) is 1. The van der Waals surface area contributed by atoms with E-state index in [0.717, 1.165) is 28.8 Å². The van der Waals surface area contributed by atoms with Crippen molar-refractivity contribution in [2.24, 2.45) is 0 Å². The molecule has 0 unspecified atom stereocenters. The Morgan fingerprint density at radius 2 is 1.87 bits per heavy atom. The third-order valence-electron chi connectivity index (χ3n) is 3.86. The zero-order chi connectivity index (χ0) is 16.4. The van der Waals surface area contributed by atoms with Crippen molar-refractivity contribution in [3.8, 4) is 5.75 Å². The fraction of sp³-hybridized carbons (Fsp3) is 0.158. The lowest BCUT2D eigenvalue weighted by molar-refractivity contribution is -0.114. The highest BCUT2D eigenvalue weighted by Gasteiger charge is 2.21. The summed E-state index contributed by atoms with van der Waals surface area (Å²) >= 11 is 0. The molecule has 2 aromatic rings. The number of allylic oxidation sites excluding steroid dienone is 1. The van der Waals surface area contributed by atoms with Gasteiger partial charge in [-0.05, 0) is 60.4 Å². The van der Waals surface area contributed by atoms with Crippen molar-refractivity contribution >= 4 is 23.5 Å². The van der Waals surface area contributed by atoms with Crippen molar-refractivity contribution in [3.05, 3.63) is 64.7 Å². The van der Waals surface area contributed by atoms with E-state index in [1.807, 2.05) is 30.3 Å². The molecule has 2 N–H and O–H groups in total. The molecule has 3 rings (SSSR count). The lowest BCUT2D eigenvalue weighted by Gasteiger charge is -2.17. The lowest BCUT2D eigenvalue weighted by Crippen LogP contribution is -2.13. The molecule has 0 aromatic heterocycles. The van der Waals surface area contributed by atoms with Gasteiger partial charge in [-0.1, -0.05) is 12.1 Å². The molecule has 116 valence electrons. The Morgan fingerprint density at radius 1 is 1.13 bits per heavy atom. The topological polar surface area (TPSA) is 66.4 Å². The molecule has 1 aliphatic carbocycles. The summed E-state index contributed by atoms with van der Waals surface area (Å²) in [6.45, 7) is 1.46. The van der Waals surface area contributed by atoms with Gasteiger partial charge in [0.1, 0.15) is 5.75 Å². The van der Waals surface area contributed by atoms with Crippen LogP contribution in [0.5, 0.6) is 5.75 Å². The maximum atomic E-state index is 12.5. The number of carbonyl (C=O) groups excluding carboxylic acids is 2. The maximum Gasteiger partial charge on any atom is 0.221 e.